The van der Waals surface area contributed by atoms with Crippen molar-refractivity contribution in [2.75, 3.05) is 0 Å². The van der Waals surface area contributed by atoms with Crippen LogP contribution in [0.2, 0.25) is 0 Å². The van der Waals surface area contributed by atoms with Gasteiger partial charge in [0.25, 0.3) is 0 Å². The van der Waals surface area contributed by atoms with Gasteiger partial charge >= 0.3 is 0 Å². The van der Waals surface area contributed by atoms with E-state index in [1.54, 1.807) is 0 Å². The van der Waals surface area contributed by atoms with E-state index in [0.717, 1.165) is 6.42 Å². The summed E-state index contributed by atoms with van der Waals surface area (Å²) in [5.74, 6) is 0.501. The van der Waals surface area contributed by atoms with E-state index in [0.29, 0.717) is 5.92 Å². The van der Waals surface area contributed by atoms with E-state index in [2.05, 4.69) is 62.4 Å². The first kappa shape index (κ1) is 12.6. The molecule has 0 atom stereocenters. The minimum atomic E-state index is 0.501. The zero-order chi connectivity index (χ0) is 13.4. The Kier molecular flexibility index (Phi) is 3.24. The van der Waals surface area contributed by atoms with Crippen molar-refractivity contribution in [3.8, 4) is 11.1 Å². The van der Waals surface area contributed by atoms with Crippen LogP contribution in [0, 0.1) is 0 Å². The highest BCUT2D eigenvalue weighted by Gasteiger charge is 2.18. The molecule has 0 bridgehead atoms. The second kappa shape index (κ2) is 4.90. The first-order chi connectivity index (χ1) is 9.18. The Morgan fingerprint density at radius 3 is 2.53 bits per heavy atom. The number of allylic oxidation sites excluding steroid dienone is 1. The van der Waals surface area contributed by atoms with Gasteiger partial charge in [0.15, 0.2) is 0 Å². The fourth-order valence-electron chi connectivity index (χ4n) is 2.75. The van der Waals surface area contributed by atoms with Crippen LogP contribution < -0.4 is 0 Å². The average molecular weight is 266 g/mol. The van der Waals surface area contributed by atoms with E-state index in [1.165, 1.54) is 32.7 Å². The smallest absolute Gasteiger partial charge is 0.0116 e. The van der Waals surface area contributed by atoms with Crippen molar-refractivity contribution in [1.82, 2.24) is 0 Å². The van der Waals surface area contributed by atoms with E-state index in [-0.39, 0.29) is 0 Å². The Morgan fingerprint density at radius 1 is 1.11 bits per heavy atom. The minimum Gasteiger partial charge on any atom is -0.143 e. The zero-order valence-corrected chi connectivity index (χ0v) is 12.2. The zero-order valence-electron chi connectivity index (χ0n) is 11.4. The van der Waals surface area contributed by atoms with Crippen LogP contribution in [0.1, 0.15) is 36.5 Å². The van der Waals surface area contributed by atoms with Crippen molar-refractivity contribution in [2.24, 2.45) is 0 Å². The van der Waals surface area contributed by atoms with Crippen molar-refractivity contribution >= 4 is 18.7 Å². The van der Waals surface area contributed by atoms with Crippen molar-refractivity contribution < 1.29 is 0 Å². The van der Waals surface area contributed by atoms with Crippen molar-refractivity contribution in [2.45, 2.75) is 31.1 Å². The van der Waals surface area contributed by atoms with Gasteiger partial charge in [0.1, 0.15) is 0 Å². The van der Waals surface area contributed by atoms with Gasteiger partial charge in [-0.05, 0) is 46.2 Å². The lowest BCUT2D eigenvalue weighted by molar-refractivity contribution is 0.837. The molecule has 2 aromatic carbocycles. The molecule has 0 heterocycles. The van der Waals surface area contributed by atoms with Crippen LogP contribution in [0.3, 0.4) is 0 Å². The van der Waals surface area contributed by atoms with E-state index < -0.39 is 0 Å². The molecule has 0 radical (unpaired) electrons. The van der Waals surface area contributed by atoms with Crippen LogP contribution in [-0.2, 0) is 6.42 Å². The maximum Gasteiger partial charge on any atom is 0.0116 e. The van der Waals surface area contributed by atoms with Crippen LogP contribution in [0.15, 0.2) is 47.4 Å². The van der Waals surface area contributed by atoms with Crippen LogP contribution in [0.5, 0.6) is 0 Å². The van der Waals surface area contributed by atoms with E-state index in [4.69, 9.17) is 12.6 Å². The van der Waals surface area contributed by atoms with Crippen LogP contribution >= 0.6 is 12.6 Å². The summed E-state index contributed by atoms with van der Waals surface area (Å²) in [6, 6.07) is 13.0. The summed E-state index contributed by atoms with van der Waals surface area (Å²) >= 11 is 4.76. The third kappa shape index (κ3) is 2.12. The Hall–Kier alpha value is -1.47. The maximum atomic E-state index is 4.76. The molecule has 2 aromatic rings. The molecule has 0 amide bonds. The minimum absolute atomic E-state index is 0.501. The molecule has 0 fully saturated rings. The summed E-state index contributed by atoms with van der Waals surface area (Å²) in [4.78, 5) is 1.18. The van der Waals surface area contributed by atoms with Crippen molar-refractivity contribution in [1.29, 1.82) is 0 Å². The topological polar surface area (TPSA) is 0 Å². The Bertz CT molecular complexity index is 636. The Morgan fingerprint density at radius 2 is 1.84 bits per heavy atom. The molecule has 19 heavy (non-hydrogen) atoms. The Balaban J connectivity index is 2.28. The predicted molar refractivity (Wildman–Crippen MR) is 86.0 cm³/mol. The molecule has 0 spiro atoms. The van der Waals surface area contributed by atoms with Crippen LogP contribution in [-0.4, -0.2) is 0 Å². The molecule has 0 saturated carbocycles. The molecule has 0 aliphatic heterocycles. The molecule has 0 unspecified atom stereocenters. The molecule has 0 nitrogen and oxygen atoms in total. The van der Waals surface area contributed by atoms with E-state index in [9.17, 15) is 0 Å². The largest absolute Gasteiger partial charge is 0.143 e. The maximum absolute atomic E-state index is 4.76. The van der Waals surface area contributed by atoms with Crippen LogP contribution in [0.25, 0.3) is 17.2 Å². The summed E-state index contributed by atoms with van der Waals surface area (Å²) in [5.41, 5.74) is 6.71. The first-order valence-corrected chi connectivity index (χ1v) is 7.24. The molecule has 96 valence electrons. The predicted octanol–water partition coefficient (Wildman–Crippen LogP) is 5.34. The van der Waals surface area contributed by atoms with Crippen molar-refractivity contribution in [3.05, 3.63) is 59.2 Å². The van der Waals surface area contributed by atoms with Gasteiger partial charge in [0, 0.05) is 4.90 Å². The third-order valence-corrected chi connectivity index (χ3v) is 4.32. The molecule has 3 rings (SSSR count). The first-order valence-electron chi connectivity index (χ1n) is 6.79. The molecule has 1 aliphatic carbocycles. The SMILES string of the molecule is CC(C)c1cc(-c2ccccc2)c2c(c1S)CC=C2. The van der Waals surface area contributed by atoms with Gasteiger partial charge in [-0.25, -0.2) is 0 Å². The highest BCUT2D eigenvalue weighted by atomic mass is 32.1. The lowest BCUT2D eigenvalue weighted by atomic mass is 9.90. The van der Waals surface area contributed by atoms with Crippen molar-refractivity contribution in [3.63, 3.8) is 0 Å². The summed E-state index contributed by atoms with van der Waals surface area (Å²) in [6.45, 7) is 4.47. The fourth-order valence-corrected chi connectivity index (χ4v) is 3.29. The summed E-state index contributed by atoms with van der Waals surface area (Å²) in [5, 5.41) is 0. The fraction of sp³-hybridized carbons (Fsp3) is 0.222. The van der Waals surface area contributed by atoms with Gasteiger partial charge in [-0.15, -0.1) is 12.6 Å². The Labute approximate surface area is 120 Å². The highest BCUT2D eigenvalue weighted by Crippen LogP contribution is 2.39. The molecular formula is C18H18S. The number of thiol groups is 1. The number of rotatable bonds is 2. The molecule has 0 saturated heterocycles. The average Bonchev–Trinajstić information content (AvgIpc) is 2.89. The molecule has 1 aliphatic rings. The number of fused-ring (bicyclic) bond motifs is 1. The molecular weight excluding hydrogens is 248 g/mol. The van der Waals surface area contributed by atoms with Crippen LogP contribution in [0.4, 0.5) is 0 Å². The second-order valence-electron chi connectivity index (χ2n) is 5.38. The van der Waals surface area contributed by atoms with Gasteiger partial charge in [-0.1, -0.05) is 56.3 Å². The monoisotopic (exact) mass is 266 g/mol. The molecule has 0 aromatic heterocycles. The van der Waals surface area contributed by atoms with Gasteiger partial charge in [0.05, 0.1) is 0 Å². The van der Waals surface area contributed by atoms with E-state index >= 15 is 0 Å². The lowest BCUT2D eigenvalue weighted by Crippen LogP contribution is -1.98. The highest BCUT2D eigenvalue weighted by molar-refractivity contribution is 7.80. The third-order valence-electron chi connectivity index (χ3n) is 3.79. The lowest BCUT2D eigenvalue weighted by Gasteiger charge is -2.17. The summed E-state index contributed by atoms with van der Waals surface area (Å²) in [7, 11) is 0. The summed E-state index contributed by atoms with van der Waals surface area (Å²) < 4.78 is 0. The normalized spacial score (nSPS) is 13.1. The van der Waals surface area contributed by atoms with Gasteiger partial charge in [0.2, 0.25) is 0 Å². The number of hydrogen-bond donors (Lipinski definition) is 1. The van der Waals surface area contributed by atoms with Gasteiger partial charge < -0.3 is 0 Å². The van der Waals surface area contributed by atoms with Gasteiger partial charge in [-0.3, -0.25) is 0 Å². The van der Waals surface area contributed by atoms with Gasteiger partial charge in [-0.2, -0.15) is 0 Å². The molecule has 0 N–H and O–H groups in total. The second-order valence-corrected chi connectivity index (χ2v) is 5.83. The number of hydrogen-bond acceptors (Lipinski definition) is 1. The summed E-state index contributed by atoms with van der Waals surface area (Å²) in [6.07, 6.45) is 5.48. The quantitative estimate of drug-likeness (QED) is 0.697. The molecule has 1 heteroatoms. The number of benzene rings is 2. The standard InChI is InChI=1S/C18H18S/c1-12(2)16-11-17(13-7-4-3-5-8-13)14-9-6-10-15(14)18(16)19/h3-9,11-12,19H,10H2,1-2H3. The van der Waals surface area contributed by atoms with E-state index in [1.807, 2.05) is 0 Å².